The molecule has 0 radical (unpaired) electrons. The first-order valence-electron chi connectivity index (χ1n) is 18.1. The molecule has 53 heavy (non-hydrogen) atoms. The summed E-state index contributed by atoms with van der Waals surface area (Å²) in [5.41, 5.74) is 12.1. The molecule has 0 saturated carbocycles. The number of rotatable bonds is 7. The Morgan fingerprint density at radius 3 is 1.70 bits per heavy atom. The maximum absolute atomic E-state index is 6.45. The molecule has 1 aromatic heterocycles. The van der Waals surface area contributed by atoms with Gasteiger partial charge in [0, 0.05) is 66.3 Å². The van der Waals surface area contributed by atoms with Crippen LogP contribution in [0.4, 0.5) is 22.7 Å². The van der Waals surface area contributed by atoms with Gasteiger partial charge in [0.15, 0.2) is 0 Å². The third kappa shape index (κ3) is 7.46. The molecule has 1 aliphatic heterocycles. The van der Waals surface area contributed by atoms with Crippen molar-refractivity contribution in [3.05, 3.63) is 162 Å². The van der Waals surface area contributed by atoms with Gasteiger partial charge in [-0.05, 0) is 71.3 Å². The minimum Gasteiger partial charge on any atom is -0.509 e. The molecule has 7 rings (SSSR count). The quantitative estimate of drug-likeness (QED) is 0.150. The Kier molecular flexibility index (Phi) is 10.3. The van der Waals surface area contributed by atoms with E-state index in [-0.39, 0.29) is 37.3 Å². The Balaban J connectivity index is 0.00000481. The van der Waals surface area contributed by atoms with Gasteiger partial charge in [-0.25, -0.2) is 0 Å². The van der Waals surface area contributed by atoms with Crippen LogP contribution in [0.25, 0.3) is 5.69 Å². The van der Waals surface area contributed by atoms with Crippen LogP contribution < -0.4 is 14.5 Å². The maximum atomic E-state index is 6.45. The van der Waals surface area contributed by atoms with E-state index in [0.29, 0.717) is 11.5 Å². The van der Waals surface area contributed by atoms with Crippen LogP contribution in [0.3, 0.4) is 0 Å². The van der Waals surface area contributed by atoms with Crippen molar-refractivity contribution in [3.8, 4) is 17.2 Å². The fraction of sp³-hybridized carbons (Fsp3) is 0.277. The van der Waals surface area contributed by atoms with Gasteiger partial charge in [0.2, 0.25) is 0 Å². The van der Waals surface area contributed by atoms with E-state index in [1.54, 1.807) is 0 Å². The smallest absolute Gasteiger partial charge is 0.0640 e. The first-order chi connectivity index (χ1) is 24.6. The molecule has 0 bridgehead atoms. The summed E-state index contributed by atoms with van der Waals surface area (Å²) in [6, 6.07) is 45.1. The molecular formula is C47H49N4OPt-3. The van der Waals surface area contributed by atoms with Crippen molar-refractivity contribution >= 4 is 22.7 Å². The predicted molar refractivity (Wildman–Crippen MR) is 215 cm³/mol. The van der Waals surface area contributed by atoms with Gasteiger partial charge in [-0.15, -0.1) is 48.8 Å². The topological polar surface area (TPSA) is 33.5 Å². The third-order valence-electron chi connectivity index (χ3n) is 10.2. The average Bonchev–Trinajstić information content (AvgIpc) is 3.65. The zero-order chi connectivity index (χ0) is 37.0. The number of hydrogen-bond donors (Lipinski definition) is 0. The van der Waals surface area contributed by atoms with Gasteiger partial charge in [0.25, 0.3) is 0 Å². The molecule has 0 fully saturated rings. The number of aryl methyl sites for hydroxylation is 1. The van der Waals surface area contributed by atoms with Crippen molar-refractivity contribution < 1.29 is 25.8 Å². The fourth-order valence-electron chi connectivity index (χ4n) is 7.28. The minimum absolute atomic E-state index is 0. The van der Waals surface area contributed by atoms with E-state index in [0.717, 1.165) is 39.8 Å². The molecule has 2 heterocycles. The summed E-state index contributed by atoms with van der Waals surface area (Å²) in [6.45, 7) is 24.6. The average molecular weight is 881 g/mol. The summed E-state index contributed by atoms with van der Waals surface area (Å²) in [4.78, 5) is 4.48. The van der Waals surface area contributed by atoms with Gasteiger partial charge in [-0.2, -0.15) is 17.2 Å². The van der Waals surface area contributed by atoms with Crippen LogP contribution >= 0.6 is 0 Å². The Hall–Kier alpha value is -4.60. The predicted octanol–water partition coefficient (Wildman–Crippen LogP) is 12.2. The molecule has 5 nitrogen and oxygen atoms in total. The molecule has 6 heteroatoms. The van der Waals surface area contributed by atoms with Crippen molar-refractivity contribution in [2.75, 3.05) is 9.80 Å². The van der Waals surface area contributed by atoms with Gasteiger partial charge in [-0.1, -0.05) is 104 Å². The molecule has 1 aliphatic rings. The van der Waals surface area contributed by atoms with Crippen molar-refractivity contribution in [2.45, 2.75) is 85.5 Å². The van der Waals surface area contributed by atoms with Gasteiger partial charge < -0.3 is 14.5 Å². The normalized spacial score (nSPS) is 13.2. The van der Waals surface area contributed by atoms with Crippen LogP contribution in [0.2, 0.25) is 0 Å². The summed E-state index contributed by atoms with van der Waals surface area (Å²) in [5.74, 6) is 1.21. The van der Waals surface area contributed by atoms with Crippen LogP contribution in [-0.4, -0.2) is 9.78 Å². The molecule has 0 spiro atoms. The number of nitrogens with zero attached hydrogens (tertiary/aromatic N) is 4. The number of para-hydroxylation sites is 2. The van der Waals surface area contributed by atoms with Crippen molar-refractivity contribution in [1.29, 1.82) is 0 Å². The molecule has 0 amide bonds. The van der Waals surface area contributed by atoms with Crippen LogP contribution in [0.5, 0.6) is 11.5 Å². The molecule has 276 valence electrons. The molecule has 5 aromatic carbocycles. The van der Waals surface area contributed by atoms with Crippen LogP contribution in [0.1, 0.15) is 89.0 Å². The van der Waals surface area contributed by atoms with Crippen molar-refractivity contribution in [2.24, 2.45) is 0 Å². The number of hydrogen-bond acceptors (Lipinski definition) is 4. The second-order valence-electron chi connectivity index (χ2n) is 16.5. The Morgan fingerprint density at radius 1 is 0.585 bits per heavy atom. The van der Waals surface area contributed by atoms with Crippen molar-refractivity contribution in [3.63, 3.8) is 0 Å². The molecule has 0 N–H and O–H groups in total. The molecule has 0 atom stereocenters. The second-order valence-corrected chi connectivity index (χ2v) is 16.5. The standard InChI is InChI=1S/C47H49N4O.Pt/c1-32-44(47(9,10)34-18-12-11-13-19-34)33(2)51(48-32)38-21-17-23-41(30-38)52-40-22-16-20-37(29-40)49-31-50(43-25-15-14-24-42(43)49)39-27-35(45(3,4)5)26-36(28-39)46(6,7)8;/h11-28,31H,1-10H3;/q-3;. The Morgan fingerprint density at radius 2 is 1.11 bits per heavy atom. The third-order valence-corrected chi connectivity index (χ3v) is 10.2. The second kappa shape index (κ2) is 14.3. The van der Waals surface area contributed by atoms with Crippen LogP contribution in [-0.2, 0) is 37.3 Å². The van der Waals surface area contributed by atoms with Gasteiger partial charge in [0.05, 0.1) is 5.69 Å². The molecule has 0 unspecified atom stereocenters. The number of ether oxygens (including phenoxy) is 1. The van der Waals surface area contributed by atoms with Crippen molar-refractivity contribution in [1.82, 2.24) is 9.78 Å². The van der Waals surface area contributed by atoms with Crippen LogP contribution in [0, 0.1) is 32.6 Å². The fourth-order valence-corrected chi connectivity index (χ4v) is 7.28. The van der Waals surface area contributed by atoms with E-state index < -0.39 is 0 Å². The van der Waals surface area contributed by atoms with E-state index in [1.165, 1.54) is 22.3 Å². The number of benzene rings is 5. The summed E-state index contributed by atoms with van der Waals surface area (Å²) in [5, 5.41) is 4.98. The maximum Gasteiger partial charge on any atom is 0.0640 e. The van der Waals surface area contributed by atoms with E-state index in [2.05, 4.69) is 177 Å². The minimum atomic E-state index is -0.206. The van der Waals surface area contributed by atoms with Gasteiger partial charge in [0.1, 0.15) is 0 Å². The molecule has 6 aromatic rings. The van der Waals surface area contributed by atoms with E-state index in [4.69, 9.17) is 9.84 Å². The first kappa shape index (κ1) is 38.1. The molecule has 0 aliphatic carbocycles. The van der Waals surface area contributed by atoms with Gasteiger partial charge >= 0.3 is 0 Å². The summed E-state index contributed by atoms with van der Waals surface area (Å²) in [7, 11) is 0. The molecule has 0 saturated heterocycles. The number of anilines is 4. The zero-order valence-corrected chi connectivity index (χ0v) is 34.8. The van der Waals surface area contributed by atoms with Gasteiger partial charge in [-0.3, -0.25) is 4.68 Å². The monoisotopic (exact) mass is 880 g/mol. The Labute approximate surface area is 330 Å². The summed E-state index contributed by atoms with van der Waals surface area (Å²) >= 11 is 0. The first-order valence-corrected chi connectivity index (χ1v) is 18.1. The van der Waals surface area contributed by atoms with E-state index in [1.807, 2.05) is 35.0 Å². The number of fused-ring (bicyclic) bond motifs is 1. The summed E-state index contributed by atoms with van der Waals surface area (Å²) < 4.78 is 8.43. The van der Waals surface area contributed by atoms with E-state index in [9.17, 15) is 0 Å². The SMILES string of the molecule is Cc1nn(-c2[c-]c(Oc3[c-]c(N4[CH-]N(c5cc(C(C)(C)C)cc(C(C)(C)C)c5)c5ccccc54)ccc3)ccc2)c(C)c1C(C)(C)c1ccccc1.[Pt]. The molecular weight excluding hydrogens is 832 g/mol. The van der Waals surface area contributed by atoms with E-state index >= 15 is 0 Å². The van der Waals surface area contributed by atoms with Crippen LogP contribution in [0.15, 0.2) is 109 Å². The summed E-state index contributed by atoms with van der Waals surface area (Å²) in [6.07, 6.45) is 0. The Bertz CT molecular complexity index is 2210. The zero-order valence-electron chi connectivity index (χ0n) is 32.5. The number of aromatic nitrogens is 2. The largest absolute Gasteiger partial charge is 0.509 e.